The maximum Gasteiger partial charge on any atom is 0.251 e. The second-order valence-corrected chi connectivity index (χ2v) is 8.87. The third-order valence-corrected chi connectivity index (χ3v) is 6.89. The molecule has 6 nitrogen and oxygen atoms in total. The zero-order valence-corrected chi connectivity index (χ0v) is 20.2. The monoisotopic (exact) mass is 484 g/mol. The highest BCUT2D eigenvalue weighted by molar-refractivity contribution is 7.98. The van der Waals surface area contributed by atoms with Crippen LogP contribution >= 0.6 is 11.8 Å². The summed E-state index contributed by atoms with van der Waals surface area (Å²) in [4.78, 5) is 26.3. The number of hydrogen-bond donors (Lipinski definition) is 2. The van der Waals surface area contributed by atoms with E-state index >= 15 is 0 Å². The SMILES string of the molecule is C=CC(=O)/C(O)=C/C(=O)N(CC)C(N)COc1ccc2c(c1)Cc1ccc(F)c(CC)c1CS2. The summed E-state index contributed by atoms with van der Waals surface area (Å²) in [6, 6.07) is 9.18. The maximum absolute atomic E-state index is 14.3. The first-order valence-electron chi connectivity index (χ1n) is 11.1. The number of allylic oxidation sites excluding steroid dienone is 1. The number of halogens is 1. The van der Waals surface area contributed by atoms with E-state index in [1.807, 2.05) is 31.2 Å². The lowest BCUT2D eigenvalue weighted by atomic mass is 9.95. The number of ketones is 1. The zero-order chi connectivity index (χ0) is 24.8. The summed E-state index contributed by atoms with van der Waals surface area (Å²) in [6.07, 6.45) is 2.30. The molecular weight excluding hydrogens is 455 g/mol. The van der Waals surface area contributed by atoms with Gasteiger partial charge in [-0.15, -0.1) is 11.8 Å². The van der Waals surface area contributed by atoms with Crippen LogP contribution < -0.4 is 10.5 Å². The molecule has 1 aliphatic rings. The number of benzene rings is 2. The minimum Gasteiger partial charge on any atom is -0.504 e. The van der Waals surface area contributed by atoms with Crippen LogP contribution in [0.3, 0.4) is 0 Å². The summed E-state index contributed by atoms with van der Waals surface area (Å²) in [6.45, 7) is 7.27. The van der Waals surface area contributed by atoms with Gasteiger partial charge in [-0.2, -0.15) is 0 Å². The molecule has 2 aromatic carbocycles. The molecule has 0 radical (unpaired) electrons. The Hall–Kier alpha value is -3.10. The Bertz CT molecular complexity index is 1130. The molecule has 0 fully saturated rings. The van der Waals surface area contributed by atoms with Crippen LogP contribution in [0.15, 0.2) is 59.7 Å². The molecule has 34 heavy (non-hydrogen) atoms. The highest BCUT2D eigenvalue weighted by Gasteiger charge is 2.21. The molecule has 1 amide bonds. The van der Waals surface area contributed by atoms with Gasteiger partial charge in [0.25, 0.3) is 5.91 Å². The molecular formula is C26H29FN2O4S. The lowest BCUT2D eigenvalue weighted by molar-refractivity contribution is -0.129. The summed E-state index contributed by atoms with van der Waals surface area (Å²) in [5.41, 5.74) is 10.2. The minimum atomic E-state index is -0.788. The van der Waals surface area contributed by atoms with E-state index in [0.29, 0.717) is 18.6 Å². The maximum atomic E-state index is 14.3. The number of carbonyl (C=O) groups is 2. The van der Waals surface area contributed by atoms with Gasteiger partial charge in [0.2, 0.25) is 5.78 Å². The molecule has 0 saturated carbocycles. The number of amides is 1. The van der Waals surface area contributed by atoms with Crippen LogP contribution in [0, 0.1) is 5.82 Å². The van der Waals surface area contributed by atoms with E-state index in [4.69, 9.17) is 10.5 Å². The van der Waals surface area contributed by atoms with E-state index in [1.165, 1.54) is 11.0 Å². The van der Waals surface area contributed by atoms with Gasteiger partial charge in [-0.3, -0.25) is 9.59 Å². The fourth-order valence-corrected chi connectivity index (χ4v) is 5.06. The zero-order valence-electron chi connectivity index (χ0n) is 19.3. The number of carbonyl (C=O) groups excluding carboxylic acids is 2. The Morgan fingerprint density at radius 2 is 2.06 bits per heavy atom. The van der Waals surface area contributed by atoms with Crippen molar-refractivity contribution in [3.05, 3.63) is 82.9 Å². The molecule has 3 N–H and O–H groups in total. The first-order valence-corrected chi connectivity index (χ1v) is 12.1. The van der Waals surface area contributed by atoms with E-state index in [9.17, 15) is 19.1 Å². The Kier molecular flexibility index (Phi) is 8.52. The van der Waals surface area contributed by atoms with E-state index in [-0.39, 0.29) is 19.0 Å². The molecule has 1 aliphatic heterocycles. The third kappa shape index (κ3) is 5.69. The second-order valence-electron chi connectivity index (χ2n) is 7.85. The van der Waals surface area contributed by atoms with Crippen molar-refractivity contribution in [1.82, 2.24) is 4.90 Å². The van der Waals surface area contributed by atoms with Gasteiger partial charge < -0.3 is 20.5 Å². The molecule has 1 heterocycles. The fourth-order valence-electron chi connectivity index (χ4n) is 3.92. The van der Waals surface area contributed by atoms with E-state index < -0.39 is 23.6 Å². The summed E-state index contributed by atoms with van der Waals surface area (Å²) < 4.78 is 20.1. The molecule has 0 aromatic heterocycles. The number of fused-ring (bicyclic) bond motifs is 2. The quantitative estimate of drug-likeness (QED) is 0.313. The molecule has 0 saturated heterocycles. The van der Waals surface area contributed by atoms with Crippen LogP contribution in [0.1, 0.15) is 36.1 Å². The third-order valence-electron chi connectivity index (χ3n) is 5.75. The molecule has 0 spiro atoms. The van der Waals surface area contributed by atoms with Crippen LogP contribution in [0.2, 0.25) is 0 Å². The molecule has 1 atom stereocenters. The first kappa shape index (κ1) is 25.5. The summed E-state index contributed by atoms with van der Waals surface area (Å²) in [5.74, 6) is -0.858. The Morgan fingerprint density at radius 3 is 2.74 bits per heavy atom. The summed E-state index contributed by atoms with van der Waals surface area (Å²) in [5, 5.41) is 9.67. The van der Waals surface area contributed by atoms with E-state index in [0.717, 1.165) is 45.1 Å². The molecule has 0 aliphatic carbocycles. The van der Waals surface area contributed by atoms with Gasteiger partial charge in [0.15, 0.2) is 5.76 Å². The van der Waals surface area contributed by atoms with E-state index in [1.54, 1.807) is 18.7 Å². The van der Waals surface area contributed by atoms with Crippen LogP contribution in [-0.4, -0.2) is 41.0 Å². The van der Waals surface area contributed by atoms with Crippen molar-refractivity contribution in [3.8, 4) is 5.75 Å². The van der Waals surface area contributed by atoms with Gasteiger partial charge in [0.05, 0.1) is 0 Å². The highest BCUT2D eigenvalue weighted by atomic mass is 32.2. The van der Waals surface area contributed by atoms with E-state index in [2.05, 4.69) is 6.58 Å². The minimum absolute atomic E-state index is 0.0251. The van der Waals surface area contributed by atoms with Gasteiger partial charge in [-0.1, -0.05) is 19.6 Å². The number of hydrogen-bond acceptors (Lipinski definition) is 6. The van der Waals surface area contributed by atoms with Gasteiger partial charge in [0, 0.05) is 23.3 Å². The molecule has 2 aromatic rings. The standard InChI is InChI=1S/C26H29FN2O4S/c1-4-19-20-15-34-24-10-8-18(12-17(24)11-16(20)7-9-21(19)27)33-14-25(28)29(6-3)26(32)13-23(31)22(30)5-2/h5,7-10,12-13,25,31H,2,4,6,11,14-15,28H2,1,3H3/b23-13-. The van der Waals surface area contributed by atoms with Crippen molar-refractivity contribution in [1.29, 1.82) is 0 Å². The lowest BCUT2D eigenvalue weighted by Gasteiger charge is -2.26. The Labute approximate surface area is 203 Å². The van der Waals surface area contributed by atoms with Crippen molar-refractivity contribution >= 4 is 23.5 Å². The predicted molar refractivity (Wildman–Crippen MR) is 131 cm³/mol. The first-order chi connectivity index (χ1) is 16.3. The van der Waals surface area contributed by atoms with Crippen LogP contribution in [0.4, 0.5) is 4.39 Å². The van der Waals surface area contributed by atoms with Crippen LogP contribution in [0.25, 0.3) is 0 Å². The van der Waals surface area contributed by atoms with Crippen molar-refractivity contribution in [3.63, 3.8) is 0 Å². The summed E-state index contributed by atoms with van der Waals surface area (Å²) >= 11 is 1.68. The highest BCUT2D eigenvalue weighted by Crippen LogP contribution is 2.37. The number of rotatable bonds is 9. The average molecular weight is 485 g/mol. The number of nitrogens with zero attached hydrogens (tertiary/aromatic N) is 1. The van der Waals surface area contributed by atoms with Gasteiger partial charge in [0.1, 0.15) is 24.3 Å². The number of nitrogens with two attached hydrogens (primary N) is 1. The number of ether oxygens (including phenoxy) is 1. The Morgan fingerprint density at radius 1 is 1.29 bits per heavy atom. The largest absolute Gasteiger partial charge is 0.504 e. The Balaban J connectivity index is 1.72. The van der Waals surface area contributed by atoms with Crippen molar-refractivity contribution < 1.29 is 23.8 Å². The fraction of sp³-hybridized carbons (Fsp3) is 0.308. The van der Waals surface area contributed by atoms with Crippen molar-refractivity contribution in [2.45, 2.75) is 43.5 Å². The average Bonchev–Trinajstić information content (AvgIpc) is 3.01. The summed E-state index contributed by atoms with van der Waals surface area (Å²) in [7, 11) is 0. The number of likely N-dealkylation sites (N-methyl/N-ethyl adjacent to an activating group) is 1. The molecule has 8 heteroatoms. The van der Waals surface area contributed by atoms with Crippen molar-refractivity contribution in [2.75, 3.05) is 13.2 Å². The molecule has 1 unspecified atom stereocenters. The molecule has 180 valence electrons. The normalized spacial score (nSPS) is 13.8. The smallest absolute Gasteiger partial charge is 0.251 e. The van der Waals surface area contributed by atoms with Gasteiger partial charge in [-0.05, 0) is 72.4 Å². The molecule has 3 rings (SSSR count). The number of thioether (sulfide) groups is 1. The topological polar surface area (TPSA) is 92.9 Å². The van der Waals surface area contributed by atoms with Crippen LogP contribution in [-0.2, 0) is 28.2 Å². The lowest BCUT2D eigenvalue weighted by Crippen LogP contribution is -2.48. The number of aliphatic hydroxyl groups is 1. The predicted octanol–water partition coefficient (Wildman–Crippen LogP) is 4.29. The van der Waals surface area contributed by atoms with Gasteiger partial charge >= 0.3 is 0 Å². The molecule has 0 bridgehead atoms. The number of aliphatic hydroxyl groups excluding tert-OH is 1. The second kappa shape index (κ2) is 11.4. The van der Waals surface area contributed by atoms with Gasteiger partial charge in [-0.25, -0.2) is 4.39 Å². The van der Waals surface area contributed by atoms with Crippen molar-refractivity contribution in [2.24, 2.45) is 5.73 Å². The van der Waals surface area contributed by atoms with Crippen LogP contribution in [0.5, 0.6) is 5.75 Å².